The van der Waals surface area contributed by atoms with Crippen molar-refractivity contribution >= 4 is 22.9 Å². The molecule has 3 heterocycles. The number of fused-ring (bicyclic) bond motifs is 1. The number of aryl methyl sites for hydroxylation is 1. The van der Waals surface area contributed by atoms with Crippen LogP contribution in [0.3, 0.4) is 0 Å². The van der Waals surface area contributed by atoms with E-state index in [0.717, 1.165) is 9.13 Å². The second-order valence-electron chi connectivity index (χ2n) is 5.23. The maximum atomic E-state index is 12.5. The zero-order valence-corrected chi connectivity index (χ0v) is 13.2. The molecule has 3 rings (SSSR count). The summed E-state index contributed by atoms with van der Waals surface area (Å²) >= 11 is 0. The van der Waals surface area contributed by atoms with Gasteiger partial charge in [-0.1, -0.05) is 0 Å². The number of anilines is 1. The van der Waals surface area contributed by atoms with Crippen molar-refractivity contribution in [1.82, 2.24) is 29.3 Å². The molecule has 1 amide bonds. The van der Waals surface area contributed by atoms with E-state index in [4.69, 9.17) is 0 Å². The smallest absolute Gasteiger partial charge is 0.288 e. The summed E-state index contributed by atoms with van der Waals surface area (Å²) in [6.07, 6.45) is -4.74. The molecule has 0 saturated heterocycles. The van der Waals surface area contributed by atoms with Crippen LogP contribution in [0.2, 0.25) is 0 Å². The molecule has 13 heteroatoms. The lowest BCUT2D eigenvalue weighted by molar-refractivity contribution is -0.144. The van der Waals surface area contributed by atoms with Crippen LogP contribution in [-0.2, 0) is 20.3 Å². The molecule has 0 bridgehead atoms. The molecular formula is C13H10F3N7O3. The summed E-state index contributed by atoms with van der Waals surface area (Å²) in [7, 11) is 2.66. The van der Waals surface area contributed by atoms with Gasteiger partial charge in [0.15, 0.2) is 0 Å². The van der Waals surface area contributed by atoms with Gasteiger partial charge in [0.05, 0.1) is 5.39 Å². The Kier molecular flexibility index (Phi) is 3.85. The minimum Gasteiger partial charge on any atom is -0.288 e. The molecule has 0 radical (unpaired) electrons. The van der Waals surface area contributed by atoms with Crippen LogP contribution in [0.4, 0.5) is 19.1 Å². The largest absolute Gasteiger partial charge is 0.451 e. The molecule has 26 heavy (non-hydrogen) atoms. The first-order valence-corrected chi connectivity index (χ1v) is 6.97. The van der Waals surface area contributed by atoms with Gasteiger partial charge in [-0.25, -0.2) is 9.78 Å². The molecule has 0 fully saturated rings. The molecule has 0 aromatic carbocycles. The lowest BCUT2D eigenvalue weighted by Crippen LogP contribution is -2.37. The van der Waals surface area contributed by atoms with Crippen molar-refractivity contribution in [3.05, 3.63) is 44.5 Å². The quantitative estimate of drug-likeness (QED) is 0.656. The molecule has 0 spiro atoms. The van der Waals surface area contributed by atoms with E-state index in [2.05, 4.69) is 15.1 Å². The molecule has 136 valence electrons. The van der Waals surface area contributed by atoms with Crippen LogP contribution in [0.5, 0.6) is 0 Å². The van der Waals surface area contributed by atoms with E-state index in [-0.39, 0.29) is 16.7 Å². The first-order chi connectivity index (χ1) is 12.1. The Labute approximate surface area is 141 Å². The van der Waals surface area contributed by atoms with Crippen molar-refractivity contribution in [3.8, 4) is 0 Å². The Morgan fingerprint density at radius 3 is 2.46 bits per heavy atom. The summed E-state index contributed by atoms with van der Waals surface area (Å²) < 4.78 is 39.4. The van der Waals surface area contributed by atoms with Gasteiger partial charge in [0.25, 0.3) is 11.5 Å². The van der Waals surface area contributed by atoms with Gasteiger partial charge in [-0.05, 0) is 12.1 Å². The minimum atomic E-state index is -4.74. The Bertz CT molecular complexity index is 1140. The Morgan fingerprint density at radius 2 is 1.85 bits per heavy atom. The summed E-state index contributed by atoms with van der Waals surface area (Å²) in [6.45, 7) is 0. The van der Waals surface area contributed by atoms with Crippen LogP contribution in [-0.4, -0.2) is 35.2 Å². The van der Waals surface area contributed by atoms with Crippen LogP contribution in [0, 0.1) is 0 Å². The molecule has 0 aliphatic carbocycles. The maximum absolute atomic E-state index is 12.5. The summed E-state index contributed by atoms with van der Waals surface area (Å²) in [5.74, 6) is -2.87. The zero-order chi connectivity index (χ0) is 19.2. The number of nitrogens with zero attached hydrogens (tertiary/aromatic N) is 5. The molecule has 0 aliphatic heterocycles. The van der Waals surface area contributed by atoms with Crippen LogP contribution < -0.4 is 16.6 Å². The summed E-state index contributed by atoms with van der Waals surface area (Å²) in [5, 5.41) is 7.05. The topological polar surface area (TPSA) is 128 Å². The summed E-state index contributed by atoms with van der Waals surface area (Å²) in [6, 6.07) is 2.49. The highest BCUT2D eigenvalue weighted by atomic mass is 19.4. The fourth-order valence-electron chi connectivity index (χ4n) is 2.19. The minimum absolute atomic E-state index is 0.0447. The van der Waals surface area contributed by atoms with Crippen molar-refractivity contribution in [2.45, 2.75) is 6.18 Å². The number of amides is 1. The van der Waals surface area contributed by atoms with Crippen molar-refractivity contribution in [3.63, 3.8) is 0 Å². The van der Waals surface area contributed by atoms with E-state index in [1.54, 1.807) is 5.10 Å². The van der Waals surface area contributed by atoms with Crippen LogP contribution >= 0.6 is 0 Å². The van der Waals surface area contributed by atoms with Gasteiger partial charge in [0.1, 0.15) is 11.3 Å². The Hall–Kier alpha value is -3.51. The molecule has 3 aromatic rings. The SMILES string of the molecule is Cn1c(=O)c2ccc(C(=O)Nc3n[nH]c(C(F)(F)F)n3)nc2n(C)c1=O. The van der Waals surface area contributed by atoms with Gasteiger partial charge in [-0.3, -0.25) is 29.1 Å². The molecular weight excluding hydrogens is 359 g/mol. The van der Waals surface area contributed by atoms with Gasteiger partial charge in [-0.15, -0.1) is 5.10 Å². The number of pyridine rings is 1. The predicted octanol–water partition coefficient (Wildman–Crippen LogP) is 0.0214. The highest BCUT2D eigenvalue weighted by Crippen LogP contribution is 2.26. The number of alkyl halides is 3. The van der Waals surface area contributed by atoms with Gasteiger partial charge in [0, 0.05) is 14.1 Å². The van der Waals surface area contributed by atoms with Gasteiger partial charge in [-0.2, -0.15) is 18.2 Å². The monoisotopic (exact) mass is 369 g/mol. The fraction of sp³-hybridized carbons (Fsp3) is 0.231. The van der Waals surface area contributed by atoms with E-state index in [1.807, 2.05) is 5.32 Å². The highest BCUT2D eigenvalue weighted by molar-refractivity contribution is 6.02. The second-order valence-corrected chi connectivity index (χ2v) is 5.23. The van der Waals surface area contributed by atoms with Crippen molar-refractivity contribution < 1.29 is 18.0 Å². The third-order valence-corrected chi connectivity index (χ3v) is 3.51. The number of H-pyrrole nitrogens is 1. The summed E-state index contributed by atoms with van der Waals surface area (Å²) in [4.78, 5) is 43.2. The average Bonchev–Trinajstić information content (AvgIpc) is 3.06. The van der Waals surface area contributed by atoms with E-state index in [0.29, 0.717) is 0 Å². The Morgan fingerprint density at radius 1 is 1.15 bits per heavy atom. The number of hydrogen-bond acceptors (Lipinski definition) is 6. The van der Waals surface area contributed by atoms with Crippen LogP contribution in [0.1, 0.15) is 16.3 Å². The first kappa shape index (κ1) is 17.3. The van der Waals surface area contributed by atoms with E-state index < -0.39 is 35.1 Å². The van der Waals surface area contributed by atoms with Crippen LogP contribution in [0.15, 0.2) is 21.7 Å². The van der Waals surface area contributed by atoms with Crippen molar-refractivity contribution in [2.24, 2.45) is 14.1 Å². The van der Waals surface area contributed by atoms with Crippen molar-refractivity contribution in [1.29, 1.82) is 0 Å². The molecule has 0 saturated carbocycles. The third kappa shape index (κ3) is 2.82. The number of hydrogen-bond donors (Lipinski definition) is 2. The number of nitrogens with one attached hydrogen (secondary N) is 2. The Balaban J connectivity index is 1.98. The lowest BCUT2D eigenvalue weighted by atomic mass is 10.2. The molecule has 2 N–H and O–H groups in total. The van der Waals surface area contributed by atoms with E-state index in [1.165, 1.54) is 26.2 Å². The molecule has 3 aromatic heterocycles. The first-order valence-electron chi connectivity index (χ1n) is 6.97. The number of halogens is 3. The van der Waals surface area contributed by atoms with Gasteiger partial charge >= 0.3 is 11.9 Å². The fourth-order valence-corrected chi connectivity index (χ4v) is 2.19. The number of rotatable bonds is 2. The predicted molar refractivity (Wildman–Crippen MR) is 81.6 cm³/mol. The zero-order valence-electron chi connectivity index (χ0n) is 13.2. The standard InChI is InChI=1S/C13H10F3N7O3/c1-22-7-5(9(25)23(2)12(22)26)3-4-6(17-7)8(24)18-11-19-10(20-21-11)13(14,15)16/h3-4H,1-2H3,(H2,18,19,20,21,24). The second kappa shape index (κ2) is 5.79. The normalized spacial score (nSPS) is 11.7. The number of carbonyl (C=O) groups is 1. The average molecular weight is 369 g/mol. The number of carbonyl (C=O) groups excluding carboxylic acids is 1. The third-order valence-electron chi connectivity index (χ3n) is 3.51. The molecule has 0 aliphatic rings. The number of aromatic nitrogens is 6. The molecule has 0 unspecified atom stereocenters. The maximum Gasteiger partial charge on any atom is 0.451 e. The molecule has 10 nitrogen and oxygen atoms in total. The van der Waals surface area contributed by atoms with Crippen LogP contribution in [0.25, 0.3) is 11.0 Å². The van der Waals surface area contributed by atoms with Gasteiger partial charge < -0.3 is 0 Å². The van der Waals surface area contributed by atoms with Gasteiger partial charge in [0.2, 0.25) is 11.8 Å². The van der Waals surface area contributed by atoms with E-state index >= 15 is 0 Å². The van der Waals surface area contributed by atoms with E-state index in [9.17, 15) is 27.6 Å². The van der Waals surface area contributed by atoms with Crippen molar-refractivity contribution in [2.75, 3.05) is 5.32 Å². The summed E-state index contributed by atoms with van der Waals surface area (Å²) in [5.41, 5.74) is -1.52. The number of aromatic amines is 1. The highest BCUT2D eigenvalue weighted by Gasteiger charge is 2.35. The lowest BCUT2D eigenvalue weighted by Gasteiger charge is -2.07. The molecule has 0 atom stereocenters.